The van der Waals surface area contributed by atoms with Crippen LogP contribution in [0.3, 0.4) is 0 Å². The summed E-state index contributed by atoms with van der Waals surface area (Å²) in [5.41, 5.74) is 3.14. The number of hydrogen-bond donors (Lipinski definition) is 1. The Kier molecular flexibility index (Phi) is 7.14. The highest BCUT2D eigenvalue weighted by Gasteiger charge is 2.42. The maximum atomic E-state index is 5.25. The van der Waals surface area contributed by atoms with Crippen LogP contribution in [0.2, 0.25) is 0 Å². The van der Waals surface area contributed by atoms with Crippen molar-refractivity contribution in [2.24, 2.45) is 11.3 Å². The van der Waals surface area contributed by atoms with E-state index in [9.17, 15) is 0 Å². The Morgan fingerprint density at radius 2 is 1.75 bits per heavy atom. The van der Waals surface area contributed by atoms with Crippen LogP contribution in [0.4, 0.5) is 0 Å². The lowest BCUT2D eigenvalue weighted by Crippen LogP contribution is -2.51. The van der Waals surface area contributed by atoms with Crippen LogP contribution in [0.1, 0.15) is 37.8 Å². The molecule has 0 radical (unpaired) electrons. The van der Waals surface area contributed by atoms with Gasteiger partial charge in [0.15, 0.2) is 0 Å². The largest absolute Gasteiger partial charge is 0.497 e. The Labute approximate surface area is 171 Å². The third-order valence-corrected chi connectivity index (χ3v) is 6.75. The topological polar surface area (TPSA) is 24.5 Å². The van der Waals surface area contributed by atoms with Crippen molar-refractivity contribution in [2.75, 3.05) is 27.2 Å². The Balaban J connectivity index is 1.63. The van der Waals surface area contributed by atoms with Gasteiger partial charge in [0, 0.05) is 19.1 Å². The Morgan fingerprint density at radius 3 is 2.43 bits per heavy atom. The van der Waals surface area contributed by atoms with Crippen molar-refractivity contribution in [1.29, 1.82) is 0 Å². The number of rotatable bonds is 8. The first-order valence-electron chi connectivity index (χ1n) is 10.6. The van der Waals surface area contributed by atoms with Crippen molar-refractivity contribution >= 4 is 0 Å². The van der Waals surface area contributed by atoms with E-state index in [4.69, 9.17) is 4.74 Å². The third-order valence-electron chi connectivity index (χ3n) is 6.75. The lowest BCUT2D eigenvalue weighted by molar-refractivity contribution is 0.0132. The molecule has 1 heterocycles. The molecule has 0 saturated carbocycles. The molecule has 1 saturated heterocycles. The van der Waals surface area contributed by atoms with Gasteiger partial charge in [0.25, 0.3) is 0 Å². The molecule has 0 bridgehead atoms. The van der Waals surface area contributed by atoms with Crippen molar-refractivity contribution in [3.05, 3.63) is 65.7 Å². The highest BCUT2D eigenvalue weighted by molar-refractivity contribution is 5.27. The predicted molar refractivity (Wildman–Crippen MR) is 118 cm³/mol. The SMILES string of the molecule is COc1ccc(CNCC[C@@]2(Cc3ccccc3)C[C@@H](C)N(C)C[C@H]2C)cc1. The smallest absolute Gasteiger partial charge is 0.118 e. The Morgan fingerprint density at radius 1 is 1.04 bits per heavy atom. The third kappa shape index (κ3) is 5.15. The first-order chi connectivity index (χ1) is 13.5. The molecule has 1 aliphatic heterocycles. The number of hydrogen-bond acceptors (Lipinski definition) is 3. The average Bonchev–Trinajstić information content (AvgIpc) is 2.71. The molecule has 0 aromatic heterocycles. The summed E-state index contributed by atoms with van der Waals surface area (Å²) in [4.78, 5) is 2.53. The minimum absolute atomic E-state index is 0.361. The molecule has 1 aliphatic rings. The molecular weight excluding hydrogens is 344 g/mol. The van der Waals surface area contributed by atoms with Gasteiger partial charge in [-0.25, -0.2) is 0 Å². The second-order valence-electron chi connectivity index (χ2n) is 8.69. The predicted octanol–water partition coefficient (Wildman–Crippen LogP) is 4.76. The lowest BCUT2D eigenvalue weighted by atomic mass is 9.63. The molecule has 3 rings (SSSR count). The van der Waals surface area contributed by atoms with E-state index >= 15 is 0 Å². The number of likely N-dealkylation sites (tertiary alicyclic amines) is 1. The quantitative estimate of drug-likeness (QED) is 0.668. The van der Waals surface area contributed by atoms with E-state index in [1.54, 1.807) is 7.11 Å². The maximum Gasteiger partial charge on any atom is 0.118 e. The first-order valence-corrected chi connectivity index (χ1v) is 10.6. The molecule has 2 aromatic carbocycles. The molecule has 2 aromatic rings. The molecule has 152 valence electrons. The van der Waals surface area contributed by atoms with Gasteiger partial charge < -0.3 is 15.0 Å². The highest BCUT2D eigenvalue weighted by atomic mass is 16.5. The van der Waals surface area contributed by atoms with E-state index in [1.807, 2.05) is 12.1 Å². The molecule has 3 nitrogen and oxygen atoms in total. The van der Waals surface area contributed by atoms with E-state index in [2.05, 4.69) is 73.6 Å². The van der Waals surface area contributed by atoms with Gasteiger partial charge in [-0.3, -0.25) is 0 Å². The van der Waals surface area contributed by atoms with Crippen molar-refractivity contribution < 1.29 is 4.74 Å². The zero-order valence-corrected chi connectivity index (χ0v) is 17.9. The van der Waals surface area contributed by atoms with E-state index in [-0.39, 0.29) is 0 Å². The molecule has 1 fully saturated rings. The van der Waals surface area contributed by atoms with Crippen LogP contribution in [-0.2, 0) is 13.0 Å². The van der Waals surface area contributed by atoms with Crippen LogP contribution in [0.5, 0.6) is 5.75 Å². The summed E-state index contributed by atoms with van der Waals surface area (Å²) in [6.45, 7) is 7.99. The number of nitrogens with one attached hydrogen (secondary N) is 1. The lowest BCUT2D eigenvalue weighted by Gasteiger charge is -2.49. The molecule has 28 heavy (non-hydrogen) atoms. The van der Waals surface area contributed by atoms with Gasteiger partial charge in [0.05, 0.1) is 7.11 Å². The molecule has 0 aliphatic carbocycles. The van der Waals surface area contributed by atoms with Crippen molar-refractivity contribution in [2.45, 2.75) is 45.7 Å². The molecule has 0 amide bonds. The number of benzene rings is 2. The van der Waals surface area contributed by atoms with E-state index in [0.29, 0.717) is 17.4 Å². The summed E-state index contributed by atoms with van der Waals surface area (Å²) in [7, 11) is 3.98. The van der Waals surface area contributed by atoms with E-state index in [1.165, 1.54) is 36.9 Å². The fourth-order valence-electron chi connectivity index (χ4n) is 4.75. The Hall–Kier alpha value is -1.84. The number of nitrogens with zero attached hydrogens (tertiary/aromatic N) is 1. The molecule has 1 N–H and O–H groups in total. The van der Waals surface area contributed by atoms with Gasteiger partial charge >= 0.3 is 0 Å². The van der Waals surface area contributed by atoms with Crippen LogP contribution in [-0.4, -0.2) is 38.2 Å². The first kappa shape index (κ1) is 20.9. The monoisotopic (exact) mass is 380 g/mol. The number of ether oxygens (including phenoxy) is 1. The minimum Gasteiger partial charge on any atom is -0.497 e. The zero-order chi connectivity index (χ0) is 20.0. The fourth-order valence-corrected chi connectivity index (χ4v) is 4.75. The number of methoxy groups -OCH3 is 1. The maximum absolute atomic E-state index is 5.25. The van der Waals surface area contributed by atoms with Crippen LogP contribution in [0, 0.1) is 11.3 Å². The molecule has 0 spiro atoms. The van der Waals surface area contributed by atoms with Gasteiger partial charge in [-0.15, -0.1) is 0 Å². The van der Waals surface area contributed by atoms with Crippen molar-refractivity contribution in [3.8, 4) is 5.75 Å². The summed E-state index contributed by atoms with van der Waals surface area (Å²) in [6.07, 6.45) is 3.67. The molecular formula is C25H36N2O. The standard InChI is InChI=1S/C25H36N2O/c1-20-19-27(3)21(2)16-25(20,17-22-8-6-5-7-9-22)14-15-26-18-23-10-12-24(28-4)13-11-23/h5-13,20-21,26H,14-19H2,1-4H3/t20-,21-,25+/m1/s1. The summed E-state index contributed by atoms with van der Waals surface area (Å²) in [6, 6.07) is 20.1. The van der Waals surface area contributed by atoms with Gasteiger partial charge in [0.2, 0.25) is 0 Å². The minimum atomic E-state index is 0.361. The van der Waals surface area contributed by atoms with Crippen LogP contribution >= 0.6 is 0 Å². The second kappa shape index (κ2) is 9.58. The Bertz CT molecular complexity index is 715. The van der Waals surface area contributed by atoms with Gasteiger partial charge in [-0.2, -0.15) is 0 Å². The molecule has 3 atom stereocenters. The van der Waals surface area contributed by atoms with E-state index in [0.717, 1.165) is 18.8 Å². The van der Waals surface area contributed by atoms with Crippen LogP contribution in [0.25, 0.3) is 0 Å². The van der Waals surface area contributed by atoms with Crippen molar-refractivity contribution in [3.63, 3.8) is 0 Å². The fraction of sp³-hybridized carbons (Fsp3) is 0.520. The zero-order valence-electron chi connectivity index (χ0n) is 17.9. The summed E-state index contributed by atoms with van der Waals surface area (Å²) >= 11 is 0. The summed E-state index contributed by atoms with van der Waals surface area (Å²) in [5, 5.41) is 3.69. The molecule has 3 heteroatoms. The van der Waals surface area contributed by atoms with Gasteiger partial charge in [-0.05, 0) is 74.4 Å². The molecule has 0 unspecified atom stereocenters. The van der Waals surface area contributed by atoms with Crippen molar-refractivity contribution in [1.82, 2.24) is 10.2 Å². The van der Waals surface area contributed by atoms with Crippen LogP contribution in [0.15, 0.2) is 54.6 Å². The normalized spacial score (nSPS) is 25.6. The van der Waals surface area contributed by atoms with Gasteiger partial charge in [0.1, 0.15) is 5.75 Å². The number of piperidine rings is 1. The average molecular weight is 381 g/mol. The highest BCUT2D eigenvalue weighted by Crippen LogP contribution is 2.44. The summed E-state index contributed by atoms with van der Waals surface area (Å²) in [5.74, 6) is 1.61. The second-order valence-corrected chi connectivity index (χ2v) is 8.69. The van der Waals surface area contributed by atoms with Gasteiger partial charge in [-0.1, -0.05) is 49.4 Å². The van der Waals surface area contributed by atoms with E-state index < -0.39 is 0 Å². The van der Waals surface area contributed by atoms with Crippen LogP contribution < -0.4 is 10.1 Å². The summed E-state index contributed by atoms with van der Waals surface area (Å²) < 4.78 is 5.25.